The Kier molecular flexibility index (Phi) is 6.46. The molecule has 0 unspecified atom stereocenters. The van der Waals surface area contributed by atoms with Crippen molar-refractivity contribution >= 4 is 33.2 Å². The molecule has 1 heterocycles. The molecule has 23 heavy (non-hydrogen) atoms. The lowest BCUT2D eigenvalue weighted by Crippen LogP contribution is -2.49. The van der Waals surface area contributed by atoms with Gasteiger partial charge < -0.3 is 10.4 Å². The standard InChI is InChI=1S/C14H19BrN4O4/c15-12-9-11(19(22)23)1-2-13(12)16-14(21)10-18-5-3-17(4-6-18)7-8-20/h1-2,9,20H,3-8,10H2,(H,16,21). The van der Waals surface area contributed by atoms with E-state index in [1.165, 1.54) is 18.2 Å². The van der Waals surface area contributed by atoms with Gasteiger partial charge >= 0.3 is 0 Å². The highest BCUT2D eigenvalue weighted by Crippen LogP contribution is 2.27. The van der Waals surface area contributed by atoms with Crippen molar-refractivity contribution < 1.29 is 14.8 Å². The van der Waals surface area contributed by atoms with Crippen molar-refractivity contribution in [3.63, 3.8) is 0 Å². The number of piperazine rings is 1. The Labute approximate surface area is 142 Å². The van der Waals surface area contributed by atoms with Gasteiger partial charge in [0.05, 0.1) is 23.8 Å². The van der Waals surface area contributed by atoms with E-state index in [4.69, 9.17) is 5.11 Å². The number of nitro benzene ring substituents is 1. The summed E-state index contributed by atoms with van der Waals surface area (Å²) in [6.45, 7) is 4.29. The van der Waals surface area contributed by atoms with E-state index >= 15 is 0 Å². The highest BCUT2D eigenvalue weighted by atomic mass is 79.9. The molecule has 1 aliphatic heterocycles. The molecule has 0 saturated carbocycles. The maximum Gasteiger partial charge on any atom is 0.270 e. The van der Waals surface area contributed by atoms with Gasteiger partial charge in [-0.15, -0.1) is 0 Å². The third-order valence-electron chi connectivity index (χ3n) is 3.69. The summed E-state index contributed by atoms with van der Waals surface area (Å²) < 4.78 is 0.479. The molecule has 2 N–H and O–H groups in total. The number of nitrogens with zero attached hydrogens (tertiary/aromatic N) is 3. The highest BCUT2D eigenvalue weighted by Gasteiger charge is 2.19. The van der Waals surface area contributed by atoms with E-state index in [-0.39, 0.29) is 24.7 Å². The summed E-state index contributed by atoms with van der Waals surface area (Å²) in [5.41, 5.74) is 0.481. The van der Waals surface area contributed by atoms with Crippen molar-refractivity contribution in [2.75, 3.05) is 51.2 Å². The van der Waals surface area contributed by atoms with Crippen LogP contribution in [0.15, 0.2) is 22.7 Å². The van der Waals surface area contributed by atoms with Crippen LogP contribution in [0.25, 0.3) is 0 Å². The number of halogens is 1. The Bertz CT molecular complexity index is 576. The zero-order valence-electron chi connectivity index (χ0n) is 12.6. The number of nitro groups is 1. The SMILES string of the molecule is O=C(CN1CCN(CCO)CC1)Nc1ccc([N+](=O)[O-])cc1Br. The summed E-state index contributed by atoms with van der Waals surface area (Å²) in [6.07, 6.45) is 0. The molecule has 0 bridgehead atoms. The number of amides is 1. The van der Waals surface area contributed by atoms with Crippen LogP contribution < -0.4 is 5.32 Å². The lowest BCUT2D eigenvalue weighted by molar-refractivity contribution is -0.384. The molecule has 1 saturated heterocycles. The summed E-state index contributed by atoms with van der Waals surface area (Å²) >= 11 is 3.23. The zero-order valence-corrected chi connectivity index (χ0v) is 14.2. The topological polar surface area (TPSA) is 99.0 Å². The molecule has 2 rings (SSSR count). The molecule has 126 valence electrons. The first-order chi connectivity index (χ1) is 11.0. The van der Waals surface area contributed by atoms with E-state index in [0.717, 1.165) is 26.2 Å². The smallest absolute Gasteiger partial charge is 0.270 e. The van der Waals surface area contributed by atoms with Crippen molar-refractivity contribution in [1.82, 2.24) is 9.80 Å². The number of β-amino-alcohol motifs (C(OH)–C–C–N with tert-alkyl or cyclic N) is 1. The molecule has 1 amide bonds. The quantitative estimate of drug-likeness (QED) is 0.556. The van der Waals surface area contributed by atoms with Gasteiger partial charge in [0.25, 0.3) is 5.69 Å². The molecule has 0 aromatic heterocycles. The number of rotatable bonds is 6. The fourth-order valence-corrected chi connectivity index (χ4v) is 2.89. The van der Waals surface area contributed by atoms with Gasteiger partial charge in [0.15, 0.2) is 0 Å². The van der Waals surface area contributed by atoms with E-state index in [9.17, 15) is 14.9 Å². The molecule has 1 fully saturated rings. The minimum Gasteiger partial charge on any atom is -0.395 e. The van der Waals surface area contributed by atoms with Crippen molar-refractivity contribution in [3.8, 4) is 0 Å². The fraction of sp³-hybridized carbons (Fsp3) is 0.500. The van der Waals surface area contributed by atoms with Crippen LogP contribution in [0.3, 0.4) is 0 Å². The van der Waals surface area contributed by atoms with Crippen LogP contribution in [-0.4, -0.2) is 71.6 Å². The molecule has 0 aliphatic carbocycles. The van der Waals surface area contributed by atoms with Gasteiger partial charge in [-0.25, -0.2) is 0 Å². The second kappa shape index (κ2) is 8.34. The third kappa shape index (κ3) is 5.24. The van der Waals surface area contributed by atoms with Gasteiger partial charge in [0.1, 0.15) is 0 Å². The summed E-state index contributed by atoms with van der Waals surface area (Å²) in [5, 5.41) is 22.4. The first-order valence-corrected chi connectivity index (χ1v) is 8.08. The van der Waals surface area contributed by atoms with Gasteiger partial charge in [-0.3, -0.25) is 24.7 Å². The molecular weight excluding hydrogens is 368 g/mol. The normalized spacial score (nSPS) is 16.3. The fourth-order valence-electron chi connectivity index (χ4n) is 2.42. The van der Waals surface area contributed by atoms with Crippen molar-refractivity contribution in [1.29, 1.82) is 0 Å². The van der Waals surface area contributed by atoms with Gasteiger partial charge in [0, 0.05) is 49.3 Å². The molecule has 1 aliphatic rings. The molecule has 0 spiro atoms. The summed E-state index contributed by atoms with van der Waals surface area (Å²) in [6, 6.07) is 4.23. The zero-order chi connectivity index (χ0) is 16.8. The van der Waals surface area contributed by atoms with Gasteiger partial charge in [0.2, 0.25) is 5.91 Å². The van der Waals surface area contributed by atoms with Crippen LogP contribution in [0.1, 0.15) is 0 Å². The molecular formula is C14H19BrN4O4. The molecule has 0 atom stereocenters. The number of hydrogen-bond donors (Lipinski definition) is 2. The maximum atomic E-state index is 12.1. The Morgan fingerprint density at radius 1 is 1.30 bits per heavy atom. The largest absolute Gasteiger partial charge is 0.395 e. The minimum atomic E-state index is -0.484. The molecule has 8 nitrogen and oxygen atoms in total. The van der Waals surface area contributed by atoms with E-state index in [2.05, 4.69) is 26.1 Å². The Balaban J connectivity index is 1.85. The van der Waals surface area contributed by atoms with Crippen LogP contribution in [0.5, 0.6) is 0 Å². The summed E-state index contributed by atoms with van der Waals surface area (Å²) in [5.74, 6) is -0.157. The number of hydrogen-bond acceptors (Lipinski definition) is 6. The first kappa shape index (κ1) is 17.8. The first-order valence-electron chi connectivity index (χ1n) is 7.29. The number of non-ortho nitro benzene ring substituents is 1. The molecule has 1 aromatic carbocycles. The predicted molar refractivity (Wildman–Crippen MR) is 89.4 cm³/mol. The Morgan fingerprint density at radius 2 is 1.96 bits per heavy atom. The number of anilines is 1. The third-order valence-corrected chi connectivity index (χ3v) is 4.34. The van der Waals surface area contributed by atoms with Crippen molar-refractivity contribution in [2.45, 2.75) is 0 Å². The van der Waals surface area contributed by atoms with Crippen LogP contribution in [0.2, 0.25) is 0 Å². The van der Waals surface area contributed by atoms with E-state index in [0.29, 0.717) is 16.7 Å². The minimum absolute atomic E-state index is 0.0325. The molecule has 0 radical (unpaired) electrons. The van der Waals surface area contributed by atoms with E-state index in [1.54, 1.807) is 0 Å². The predicted octanol–water partition coefficient (Wildman–Crippen LogP) is 0.906. The van der Waals surface area contributed by atoms with Gasteiger partial charge in [-0.1, -0.05) is 0 Å². The van der Waals surface area contributed by atoms with Gasteiger partial charge in [-0.05, 0) is 22.0 Å². The number of aliphatic hydroxyl groups is 1. The highest BCUT2D eigenvalue weighted by molar-refractivity contribution is 9.10. The molecule has 1 aromatic rings. The van der Waals surface area contributed by atoms with Crippen molar-refractivity contribution in [2.24, 2.45) is 0 Å². The van der Waals surface area contributed by atoms with Crippen molar-refractivity contribution in [3.05, 3.63) is 32.8 Å². The number of carbonyl (C=O) groups is 1. The lowest BCUT2D eigenvalue weighted by Gasteiger charge is -2.33. The number of nitrogens with one attached hydrogen (secondary N) is 1. The van der Waals surface area contributed by atoms with Crippen LogP contribution >= 0.6 is 15.9 Å². The number of benzene rings is 1. The van der Waals surface area contributed by atoms with E-state index < -0.39 is 4.92 Å². The number of carbonyl (C=O) groups excluding carboxylic acids is 1. The monoisotopic (exact) mass is 386 g/mol. The molecule has 9 heteroatoms. The Hall–Kier alpha value is -1.55. The van der Waals surface area contributed by atoms with Gasteiger partial charge in [-0.2, -0.15) is 0 Å². The van der Waals surface area contributed by atoms with E-state index in [1.807, 2.05) is 4.90 Å². The van der Waals surface area contributed by atoms with Crippen LogP contribution in [0, 0.1) is 10.1 Å². The summed E-state index contributed by atoms with van der Waals surface area (Å²) in [7, 11) is 0. The second-order valence-corrected chi connectivity index (χ2v) is 6.17. The summed E-state index contributed by atoms with van der Waals surface area (Å²) in [4.78, 5) is 26.5. The van der Waals surface area contributed by atoms with Crippen LogP contribution in [0.4, 0.5) is 11.4 Å². The average molecular weight is 387 g/mol. The maximum absolute atomic E-state index is 12.1. The second-order valence-electron chi connectivity index (χ2n) is 5.31. The average Bonchev–Trinajstić information content (AvgIpc) is 2.51. The van der Waals surface area contributed by atoms with Crippen LogP contribution in [-0.2, 0) is 4.79 Å². The Morgan fingerprint density at radius 3 is 2.52 bits per heavy atom. The lowest BCUT2D eigenvalue weighted by atomic mass is 10.2. The number of aliphatic hydroxyl groups excluding tert-OH is 1.